The van der Waals surface area contributed by atoms with Crippen LogP contribution < -0.4 is 5.73 Å². The highest BCUT2D eigenvalue weighted by atomic mass is 35.5. The normalized spacial score (nSPS) is 12.3. The highest BCUT2D eigenvalue weighted by Crippen LogP contribution is 2.16. The third kappa shape index (κ3) is 2.80. The summed E-state index contributed by atoms with van der Waals surface area (Å²) >= 11 is 0. The fourth-order valence-corrected chi connectivity index (χ4v) is 0.958. The molecular formula is C9H15ClN2. The summed E-state index contributed by atoms with van der Waals surface area (Å²) < 4.78 is 0. The van der Waals surface area contributed by atoms with E-state index in [0.29, 0.717) is 5.92 Å². The maximum atomic E-state index is 5.90. The molecule has 0 saturated carbocycles. The van der Waals surface area contributed by atoms with Gasteiger partial charge in [-0.2, -0.15) is 0 Å². The minimum absolute atomic E-state index is 0. The third-order valence-corrected chi connectivity index (χ3v) is 1.79. The van der Waals surface area contributed by atoms with E-state index in [1.165, 1.54) is 0 Å². The summed E-state index contributed by atoms with van der Waals surface area (Å²) in [6, 6.07) is 4.04. The molecular weight excluding hydrogens is 172 g/mol. The summed E-state index contributed by atoms with van der Waals surface area (Å²) in [7, 11) is 0. The lowest BCUT2D eigenvalue weighted by atomic mass is 9.99. The first-order chi connectivity index (χ1) is 5.22. The lowest BCUT2D eigenvalue weighted by Gasteiger charge is -2.14. The summed E-state index contributed by atoms with van der Waals surface area (Å²) in [5.74, 6) is 0.471. The molecule has 68 valence electrons. The summed E-state index contributed by atoms with van der Waals surface area (Å²) in [6.45, 7) is 4.22. The number of hydrogen-bond donors (Lipinski definition) is 1. The monoisotopic (exact) mass is 186 g/mol. The molecule has 0 spiro atoms. The molecule has 2 nitrogen and oxygen atoms in total. The minimum Gasteiger partial charge on any atom is -0.324 e. The molecule has 0 aliphatic heterocycles. The molecule has 0 bridgehead atoms. The van der Waals surface area contributed by atoms with E-state index in [2.05, 4.69) is 18.8 Å². The molecule has 1 aromatic heterocycles. The minimum atomic E-state index is 0. The van der Waals surface area contributed by atoms with Gasteiger partial charge >= 0.3 is 0 Å². The zero-order valence-electron chi connectivity index (χ0n) is 7.40. The molecule has 3 heteroatoms. The first-order valence-electron chi connectivity index (χ1n) is 3.87. The van der Waals surface area contributed by atoms with Crippen LogP contribution in [0.2, 0.25) is 0 Å². The lowest BCUT2D eigenvalue weighted by Crippen LogP contribution is -2.16. The number of hydrogen-bond acceptors (Lipinski definition) is 2. The molecule has 0 aliphatic rings. The van der Waals surface area contributed by atoms with E-state index in [1.54, 1.807) is 6.20 Å². The van der Waals surface area contributed by atoms with Gasteiger partial charge in [-0.1, -0.05) is 19.9 Å². The Labute approximate surface area is 79.6 Å². The van der Waals surface area contributed by atoms with Gasteiger partial charge in [-0.15, -0.1) is 12.4 Å². The van der Waals surface area contributed by atoms with Crippen LogP contribution in [0.4, 0.5) is 0 Å². The Balaban J connectivity index is 0.00000121. The van der Waals surface area contributed by atoms with E-state index in [9.17, 15) is 0 Å². The van der Waals surface area contributed by atoms with Crippen LogP contribution in [-0.4, -0.2) is 4.98 Å². The maximum absolute atomic E-state index is 5.90. The zero-order valence-corrected chi connectivity index (χ0v) is 8.21. The van der Waals surface area contributed by atoms with Gasteiger partial charge in [0.25, 0.3) is 0 Å². The Morgan fingerprint density at radius 2 is 2.08 bits per heavy atom. The Bertz CT molecular complexity index is 211. The third-order valence-electron chi connectivity index (χ3n) is 1.79. The van der Waals surface area contributed by atoms with Gasteiger partial charge in [0.1, 0.15) is 0 Å². The fourth-order valence-electron chi connectivity index (χ4n) is 0.958. The molecule has 0 fully saturated rings. The topological polar surface area (TPSA) is 38.9 Å². The van der Waals surface area contributed by atoms with Crippen LogP contribution >= 0.6 is 12.4 Å². The van der Waals surface area contributed by atoms with E-state index < -0.39 is 0 Å². The highest BCUT2D eigenvalue weighted by Gasteiger charge is 2.08. The molecule has 1 unspecified atom stereocenters. The molecule has 12 heavy (non-hydrogen) atoms. The van der Waals surface area contributed by atoms with E-state index in [0.717, 1.165) is 5.56 Å². The van der Waals surface area contributed by atoms with Crippen LogP contribution in [0.25, 0.3) is 0 Å². The summed E-state index contributed by atoms with van der Waals surface area (Å²) in [5, 5.41) is 0. The van der Waals surface area contributed by atoms with Gasteiger partial charge in [0, 0.05) is 18.4 Å². The molecule has 1 atom stereocenters. The predicted octanol–water partition coefficient (Wildman–Crippen LogP) is 2.16. The van der Waals surface area contributed by atoms with Crippen LogP contribution in [0.15, 0.2) is 24.5 Å². The van der Waals surface area contributed by atoms with Gasteiger partial charge in [0.05, 0.1) is 0 Å². The zero-order chi connectivity index (χ0) is 8.27. The Morgan fingerprint density at radius 1 is 1.42 bits per heavy atom. The quantitative estimate of drug-likeness (QED) is 0.769. The van der Waals surface area contributed by atoms with Crippen molar-refractivity contribution in [2.45, 2.75) is 19.9 Å². The Kier molecular flexibility index (Phi) is 4.86. The second kappa shape index (κ2) is 5.12. The maximum Gasteiger partial charge on any atom is 0.0333 e. The standard InChI is InChI=1S/C9H14N2.ClH/c1-7(2)9(10)8-4-3-5-11-6-8;/h3-7,9H,10H2,1-2H3;1H. The SMILES string of the molecule is CC(C)C(N)c1cccnc1.Cl. The fraction of sp³-hybridized carbons (Fsp3) is 0.444. The van der Waals surface area contributed by atoms with Crippen LogP contribution in [0.3, 0.4) is 0 Å². The van der Waals surface area contributed by atoms with E-state index in [1.807, 2.05) is 18.3 Å². The molecule has 0 amide bonds. The molecule has 1 aromatic rings. The highest BCUT2D eigenvalue weighted by molar-refractivity contribution is 5.85. The molecule has 1 heterocycles. The molecule has 0 aliphatic carbocycles. The van der Waals surface area contributed by atoms with E-state index in [-0.39, 0.29) is 18.4 Å². The van der Waals surface area contributed by atoms with Crippen LogP contribution in [-0.2, 0) is 0 Å². The average Bonchev–Trinajstić information content (AvgIpc) is 2.05. The van der Waals surface area contributed by atoms with Crippen molar-refractivity contribution in [3.8, 4) is 0 Å². The summed E-state index contributed by atoms with van der Waals surface area (Å²) in [4.78, 5) is 4.01. The second-order valence-corrected chi connectivity index (χ2v) is 3.06. The van der Waals surface area contributed by atoms with Gasteiger partial charge < -0.3 is 5.73 Å². The Morgan fingerprint density at radius 3 is 2.50 bits per heavy atom. The van der Waals surface area contributed by atoms with Crippen LogP contribution in [0.5, 0.6) is 0 Å². The van der Waals surface area contributed by atoms with Gasteiger partial charge in [-0.25, -0.2) is 0 Å². The first-order valence-corrected chi connectivity index (χ1v) is 3.87. The van der Waals surface area contributed by atoms with Crippen LogP contribution in [0, 0.1) is 5.92 Å². The van der Waals surface area contributed by atoms with Crippen molar-refractivity contribution in [3.05, 3.63) is 30.1 Å². The smallest absolute Gasteiger partial charge is 0.0333 e. The predicted molar refractivity (Wildman–Crippen MR) is 53.3 cm³/mol. The van der Waals surface area contributed by atoms with Gasteiger partial charge in [0.15, 0.2) is 0 Å². The van der Waals surface area contributed by atoms with Crippen molar-refractivity contribution in [1.29, 1.82) is 0 Å². The van der Waals surface area contributed by atoms with Crippen molar-refractivity contribution in [2.75, 3.05) is 0 Å². The first kappa shape index (κ1) is 11.4. The summed E-state index contributed by atoms with van der Waals surface area (Å²) in [6.07, 6.45) is 3.58. The van der Waals surface area contributed by atoms with E-state index in [4.69, 9.17) is 5.73 Å². The van der Waals surface area contributed by atoms with Gasteiger partial charge in [0.2, 0.25) is 0 Å². The van der Waals surface area contributed by atoms with E-state index >= 15 is 0 Å². The number of rotatable bonds is 2. The number of pyridine rings is 1. The summed E-state index contributed by atoms with van der Waals surface area (Å²) in [5.41, 5.74) is 7.01. The van der Waals surface area contributed by atoms with Crippen molar-refractivity contribution in [2.24, 2.45) is 11.7 Å². The molecule has 1 rings (SSSR count). The van der Waals surface area contributed by atoms with Gasteiger partial charge in [-0.05, 0) is 17.5 Å². The van der Waals surface area contributed by atoms with Crippen molar-refractivity contribution in [1.82, 2.24) is 4.98 Å². The Hall–Kier alpha value is -0.600. The second-order valence-electron chi connectivity index (χ2n) is 3.06. The van der Waals surface area contributed by atoms with Gasteiger partial charge in [-0.3, -0.25) is 4.98 Å². The average molecular weight is 187 g/mol. The van der Waals surface area contributed by atoms with Crippen LogP contribution in [0.1, 0.15) is 25.5 Å². The van der Waals surface area contributed by atoms with Crippen molar-refractivity contribution >= 4 is 12.4 Å². The number of nitrogens with zero attached hydrogens (tertiary/aromatic N) is 1. The lowest BCUT2D eigenvalue weighted by molar-refractivity contribution is 0.513. The van der Waals surface area contributed by atoms with Crippen molar-refractivity contribution < 1.29 is 0 Å². The molecule has 2 N–H and O–H groups in total. The number of nitrogens with two attached hydrogens (primary N) is 1. The number of aromatic nitrogens is 1. The molecule has 0 radical (unpaired) electrons. The molecule has 0 saturated heterocycles. The number of halogens is 1. The van der Waals surface area contributed by atoms with Crippen molar-refractivity contribution in [3.63, 3.8) is 0 Å². The molecule has 0 aromatic carbocycles. The largest absolute Gasteiger partial charge is 0.324 e.